The maximum Gasteiger partial charge on any atom is 0.255 e. The Hall–Kier alpha value is -3.67. The summed E-state index contributed by atoms with van der Waals surface area (Å²) in [5, 5.41) is 2.80. The normalized spacial score (nSPS) is 10.3. The molecular weight excluding hydrogens is 342 g/mol. The number of anilines is 1. The number of rotatable bonds is 6. The lowest BCUT2D eigenvalue weighted by molar-refractivity contribution is 0.0996. The molecule has 0 fully saturated rings. The van der Waals surface area contributed by atoms with Gasteiger partial charge in [-0.25, -0.2) is 0 Å². The third-order valence-electron chi connectivity index (χ3n) is 4.00. The monoisotopic (exact) mass is 361 g/mol. The zero-order valence-electron chi connectivity index (χ0n) is 14.8. The molecule has 0 atom stereocenters. The molecule has 6 heteroatoms. The topological polar surface area (TPSA) is 94.3 Å². The summed E-state index contributed by atoms with van der Waals surface area (Å²) in [6, 6.07) is 17.4. The van der Waals surface area contributed by atoms with Crippen LogP contribution in [0.4, 0.5) is 5.69 Å². The number of aromatic nitrogens is 1. The van der Waals surface area contributed by atoms with Gasteiger partial charge < -0.3 is 15.8 Å². The number of nitrogens with zero attached hydrogens (tertiary/aromatic N) is 1. The van der Waals surface area contributed by atoms with Gasteiger partial charge in [-0.1, -0.05) is 12.1 Å². The van der Waals surface area contributed by atoms with Gasteiger partial charge in [0, 0.05) is 23.0 Å². The number of aryl methyl sites for hydroxylation is 1. The van der Waals surface area contributed by atoms with E-state index >= 15 is 0 Å². The van der Waals surface area contributed by atoms with Crippen LogP contribution in [0.1, 0.15) is 32.0 Å². The Bertz CT molecular complexity index is 954. The van der Waals surface area contributed by atoms with Crippen molar-refractivity contribution in [2.24, 2.45) is 5.73 Å². The molecule has 0 bridgehead atoms. The molecule has 0 saturated carbocycles. The minimum Gasteiger partial charge on any atom is -0.487 e. The van der Waals surface area contributed by atoms with Gasteiger partial charge in [-0.15, -0.1) is 0 Å². The van der Waals surface area contributed by atoms with E-state index < -0.39 is 5.91 Å². The summed E-state index contributed by atoms with van der Waals surface area (Å²) in [4.78, 5) is 28.0. The molecule has 2 amide bonds. The summed E-state index contributed by atoms with van der Waals surface area (Å²) >= 11 is 0. The number of pyridine rings is 1. The van der Waals surface area contributed by atoms with Crippen molar-refractivity contribution >= 4 is 17.5 Å². The summed E-state index contributed by atoms with van der Waals surface area (Å²) in [5.74, 6) is -0.181. The first-order chi connectivity index (χ1) is 13.0. The van der Waals surface area contributed by atoms with Gasteiger partial charge in [0.25, 0.3) is 5.91 Å². The van der Waals surface area contributed by atoms with Crippen LogP contribution in [0.3, 0.4) is 0 Å². The van der Waals surface area contributed by atoms with E-state index in [1.165, 1.54) is 0 Å². The fourth-order valence-corrected chi connectivity index (χ4v) is 2.45. The van der Waals surface area contributed by atoms with Crippen LogP contribution in [-0.2, 0) is 6.61 Å². The Kier molecular flexibility index (Phi) is 5.47. The van der Waals surface area contributed by atoms with E-state index in [1.807, 2.05) is 25.1 Å². The Morgan fingerprint density at radius 2 is 1.78 bits per heavy atom. The van der Waals surface area contributed by atoms with Crippen molar-refractivity contribution in [3.63, 3.8) is 0 Å². The molecule has 3 rings (SSSR count). The van der Waals surface area contributed by atoms with Crippen molar-refractivity contribution in [3.8, 4) is 5.75 Å². The fourth-order valence-electron chi connectivity index (χ4n) is 2.45. The number of hydrogen-bond acceptors (Lipinski definition) is 4. The molecule has 6 nitrogen and oxygen atoms in total. The van der Waals surface area contributed by atoms with Gasteiger partial charge in [0.1, 0.15) is 12.4 Å². The number of benzene rings is 2. The van der Waals surface area contributed by atoms with Gasteiger partial charge in [-0.05, 0) is 61.0 Å². The first-order valence-electron chi connectivity index (χ1n) is 8.37. The summed E-state index contributed by atoms with van der Waals surface area (Å²) in [6.45, 7) is 2.19. The van der Waals surface area contributed by atoms with Gasteiger partial charge in [-0.2, -0.15) is 0 Å². The average Bonchev–Trinajstić information content (AvgIpc) is 2.69. The first-order valence-corrected chi connectivity index (χ1v) is 8.37. The molecule has 0 radical (unpaired) electrons. The maximum absolute atomic E-state index is 12.5. The first kappa shape index (κ1) is 18.1. The minimum absolute atomic E-state index is 0.281. The molecule has 2 aromatic carbocycles. The van der Waals surface area contributed by atoms with Crippen LogP contribution in [0, 0.1) is 6.92 Å². The second-order valence-electron chi connectivity index (χ2n) is 5.98. The van der Waals surface area contributed by atoms with E-state index in [2.05, 4.69) is 10.3 Å². The Balaban J connectivity index is 1.65. The van der Waals surface area contributed by atoms with Gasteiger partial charge >= 0.3 is 0 Å². The molecule has 3 aromatic rings. The number of carbonyl (C=O) groups is 2. The minimum atomic E-state index is -0.542. The lowest BCUT2D eigenvalue weighted by Gasteiger charge is -2.10. The quantitative estimate of drug-likeness (QED) is 0.704. The molecule has 136 valence electrons. The van der Waals surface area contributed by atoms with E-state index in [4.69, 9.17) is 10.5 Å². The molecule has 0 saturated heterocycles. The predicted molar refractivity (Wildman–Crippen MR) is 103 cm³/mol. The Labute approximate surface area is 157 Å². The summed E-state index contributed by atoms with van der Waals surface area (Å²) in [7, 11) is 0. The molecule has 0 spiro atoms. The van der Waals surface area contributed by atoms with E-state index in [9.17, 15) is 9.59 Å². The number of nitrogens with two attached hydrogens (primary N) is 1. The van der Waals surface area contributed by atoms with Gasteiger partial charge in [-0.3, -0.25) is 14.6 Å². The van der Waals surface area contributed by atoms with Crippen LogP contribution in [0.25, 0.3) is 0 Å². The van der Waals surface area contributed by atoms with Crippen LogP contribution >= 0.6 is 0 Å². The highest BCUT2D eigenvalue weighted by Gasteiger charge is 2.10. The van der Waals surface area contributed by atoms with Crippen molar-refractivity contribution in [2.75, 3.05) is 5.32 Å². The van der Waals surface area contributed by atoms with Crippen LogP contribution < -0.4 is 15.8 Å². The molecule has 0 aliphatic heterocycles. The largest absolute Gasteiger partial charge is 0.487 e. The second kappa shape index (κ2) is 8.14. The van der Waals surface area contributed by atoms with Crippen LogP contribution in [0.2, 0.25) is 0 Å². The highest BCUT2D eigenvalue weighted by molar-refractivity contribution is 6.05. The average molecular weight is 361 g/mol. The summed E-state index contributed by atoms with van der Waals surface area (Å²) in [5.41, 5.74) is 8.32. The number of hydrogen-bond donors (Lipinski definition) is 2. The van der Waals surface area contributed by atoms with Crippen molar-refractivity contribution in [1.82, 2.24) is 4.98 Å². The lowest BCUT2D eigenvalue weighted by atomic mass is 10.1. The maximum atomic E-state index is 12.5. The van der Waals surface area contributed by atoms with Crippen molar-refractivity contribution in [1.29, 1.82) is 0 Å². The lowest BCUT2D eigenvalue weighted by Crippen LogP contribution is -2.15. The van der Waals surface area contributed by atoms with Gasteiger partial charge in [0.2, 0.25) is 5.91 Å². The van der Waals surface area contributed by atoms with E-state index in [-0.39, 0.29) is 5.91 Å². The number of nitrogens with one attached hydrogen (secondary N) is 1. The molecule has 0 unspecified atom stereocenters. The van der Waals surface area contributed by atoms with E-state index in [1.54, 1.807) is 48.7 Å². The van der Waals surface area contributed by atoms with Crippen LogP contribution in [-0.4, -0.2) is 16.8 Å². The number of carbonyl (C=O) groups excluding carboxylic acids is 2. The number of amides is 2. The summed E-state index contributed by atoms with van der Waals surface area (Å²) < 4.78 is 5.66. The molecule has 0 aliphatic rings. The fraction of sp³-hybridized carbons (Fsp3) is 0.0952. The Morgan fingerprint density at radius 3 is 2.44 bits per heavy atom. The predicted octanol–water partition coefficient (Wildman–Crippen LogP) is 3.32. The van der Waals surface area contributed by atoms with Crippen LogP contribution in [0.5, 0.6) is 5.75 Å². The van der Waals surface area contributed by atoms with Crippen molar-refractivity contribution in [3.05, 3.63) is 89.2 Å². The van der Waals surface area contributed by atoms with E-state index in [0.717, 1.165) is 11.3 Å². The van der Waals surface area contributed by atoms with Gasteiger partial charge in [0.05, 0.1) is 5.69 Å². The standard InChI is InChI=1S/C21H19N3O3/c1-14-5-6-16(20(22)25)12-19(14)24-21(26)15-7-9-18(10-8-15)27-13-17-4-2-3-11-23-17/h2-12H,13H2,1H3,(H2,22,25)(H,24,26). The molecule has 27 heavy (non-hydrogen) atoms. The zero-order valence-corrected chi connectivity index (χ0v) is 14.8. The van der Waals surface area contributed by atoms with Crippen molar-refractivity contribution < 1.29 is 14.3 Å². The zero-order chi connectivity index (χ0) is 19.2. The molecule has 3 N–H and O–H groups in total. The molecule has 1 heterocycles. The molecule has 1 aromatic heterocycles. The van der Waals surface area contributed by atoms with Crippen molar-refractivity contribution in [2.45, 2.75) is 13.5 Å². The van der Waals surface area contributed by atoms with E-state index in [0.29, 0.717) is 29.2 Å². The van der Waals surface area contributed by atoms with Gasteiger partial charge in [0.15, 0.2) is 0 Å². The highest BCUT2D eigenvalue weighted by atomic mass is 16.5. The SMILES string of the molecule is Cc1ccc(C(N)=O)cc1NC(=O)c1ccc(OCc2ccccn2)cc1. The van der Waals surface area contributed by atoms with Crippen LogP contribution in [0.15, 0.2) is 66.9 Å². The molecular formula is C21H19N3O3. The third-order valence-corrected chi connectivity index (χ3v) is 4.00. The highest BCUT2D eigenvalue weighted by Crippen LogP contribution is 2.19. The smallest absolute Gasteiger partial charge is 0.255 e. The second-order valence-corrected chi connectivity index (χ2v) is 5.98. The Morgan fingerprint density at radius 1 is 1.04 bits per heavy atom. The number of ether oxygens (including phenoxy) is 1. The number of primary amides is 1. The molecule has 0 aliphatic carbocycles. The summed E-state index contributed by atoms with van der Waals surface area (Å²) in [6.07, 6.45) is 1.71. The third kappa shape index (κ3) is 4.70.